The number of pyridine rings is 1. The number of para-hydroxylation sites is 1. The molecule has 2 aliphatic carbocycles. The van der Waals surface area contributed by atoms with Gasteiger partial charge in [-0.2, -0.15) is 0 Å². The number of hydrogen-bond donors (Lipinski definition) is 1. The predicted molar refractivity (Wildman–Crippen MR) is 115 cm³/mol. The van der Waals surface area contributed by atoms with Crippen molar-refractivity contribution < 1.29 is 4.79 Å². The van der Waals surface area contributed by atoms with E-state index in [4.69, 9.17) is 0 Å². The van der Waals surface area contributed by atoms with E-state index in [2.05, 4.69) is 52.8 Å². The summed E-state index contributed by atoms with van der Waals surface area (Å²) in [5.41, 5.74) is 3.17. The molecule has 1 N–H and O–H groups in total. The van der Waals surface area contributed by atoms with Crippen LogP contribution in [0.4, 0.5) is 0 Å². The first kappa shape index (κ1) is 18.9. The van der Waals surface area contributed by atoms with Gasteiger partial charge in [0.1, 0.15) is 0 Å². The average molecular weight is 375 g/mol. The van der Waals surface area contributed by atoms with E-state index in [-0.39, 0.29) is 11.9 Å². The summed E-state index contributed by atoms with van der Waals surface area (Å²) in [7, 11) is 0. The molecule has 28 heavy (non-hydrogen) atoms. The fraction of sp³-hybridized carbons (Fsp3) is 0.440. The minimum Gasteiger partial charge on any atom is -0.353 e. The maximum absolute atomic E-state index is 13.0. The van der Waals surface area contributed by atoms with Crippen LogP contribution in [-0.4, -0.2) is 16.9 Å². The highest BCUT2D eigenvalue weighted by atomic mass is 16.2. The summed E-state index contributed by atoms with van der Waals surface area (Å²) >= 11 is 0. The molecule has 0 radical (unpaired) electrons. The number of rotatable bonds is 4. The fourth-order valence-electron chi connectivity index (χ4n) is 4.60. The molecule has 0 bridgehead atoms. The molecule has 0 unspecified atom stereocenters. The quantitative estimate of drug-likeness (QED) is 0.748. The van der Waals surface area contributed by atoms with Crippen LogP contribution in [0.25, 0.3) is 10.9 Å². The number of amides is 1. The number of nitrogens with one attached hydrogen (secondary N) is 1. The minimum atomic E-state index is -0.463. The largest absolute Gasteiger partial charge is 0.353 e. The third-order valence-electron chi connectivity index (χ3n) is 6.47. The van der Waals surface area contributed by atoms with Gasteiger partial charge in [-0.15, -0.1) is 0 Å². The summed E-state index contributed by atoms with van der Waals surface area (Å²) in [6.45, 7) is 4.08. The van der Waals surface area contributed by atoms with Gasteiger partial charge in [-0.3, -0.25) is 9.78 Å². The van der Waals surface area contributed by atoms with Crippen LogP contribution in [-0.2, 0) is 4.79 Å². The maximum Gasteiger partial charge on any atom is 0.230 e. The van der Waals surface area contributed by atoms with Crippen molar-refractivity contribution in [1.82, 2.24) is 10.3 Å². The molecule has 3 heteroatoms. The van der Waals surface area contributed by atoms with Crippen molar-refractivity contribution in [3.05, 3.63) is 65.9 Å². The molecule has 0 aliphatic heterocycles. The molecule has 0 spiro atoms. The topological polar surface area (TPSA) is 42.0 Å². The van der Waals surface area contributed by atoms with Crippen molar-refractivity contribution in [3.63, 3.8) is 0 Å². The Morgan fingerprint density at radius 1 is 1.07 bits per heavy atom. The van der Waals surface area contributed by atoms with E-state index in [1.165, 1.54) is 10.9 Å². The van der Waals surface area contributed by atoms with Gasteiger partial charge in [0.2, 0.25) is 5.91 Å². The third kappa shape index (κ3) is 3.76. The molecular weight excluding hydrogens is 344 g/mol. The molecular formula is C25H30N2O. The Morgan fingerprint density at radius 2 is 1.86 bits per heavy atom. The Bertz CT molecular complexity index is 912. The van der Waals surface area contributed by atoms with Gasteiger partial charge in [0.15, 0.2) is 0 Å². The van der Waals surface area contributed by atoms with Crippen molar-refractivity contribution in [1.29, 1.82) is 0 Å². The molecule has 2 aliphatic rings. The first-order valence-electron chi connectivity index (χ1n) is 10.6. The molecule has 1 saturated carbocycles. The monoisotopic (exact) mass is 374 g/mol. The molecule has 146 valence electrons. The van der Waals surface area contributed by atoms with Crippen LogP contribution in [0, 0.1) is 5.41 Å². The molecule has 1 aromatic heterocycles. The van der Waals surface area contributed by atoms with Crippen LogP contribution in [0.1, 0.15) is 63.9 Å². The van der Waals surface area contributed by atoms with E-state index in [0.29, 0.717) is 5.92 Å². The number of benzene rings is 1. The Morgan fingerprint density at radius 3 is 2.61 bits per heavy atom. The van der Waals surface area contributed by atoms with Crippen LogP contribution in [0.3, 0.4) is 0 Å². The van der Waals surface area contributed by atoms with E-state index in [1.54, 1.807) is 0 Å². The standard InChI is InChI=1S/C25H30N2O/c1-25(2,19-8-4-3-5-9-19)24(28)27-20-14-12-18(13-15-20)21-16-17-26-23-11-7-6-10-22(21)23/h4,6-11,16-18,20H,3,5,12-15H2,1-2H3,(H,27,28). The fourth-order valence-corrected chi connectivity index (χ4v) is 4.60. The van der Waals surface area contributed by atoms with Crippen LogP contribution >= 0.6 is 0 Å². The van der Waals surface area contributed by atoms with Crippen LogP contribution in [0.2, 0.25) is 0 Å². The molecule has 2 aromatic rings. The first-order chi connectivity index (χ1) is 13.6. The van der Waals surface area contributed by atoms with Crippen molar-refractivity contribution in [2.24, 2.45) is 5.41 Å². The van der Waals surface area contributed by atoms with Crippen molar-refractivity contribution in [3.8, 4) is 0 Å². The van der Waals surface area contributed by atoms with Crippen LogP contribution < -0.4 is 5.32 Å². The van der Waals surface area contributed by atoms with E-state index in [9.17, 15) is 4.79 Å². The smallest absolute Gasteiger partial charge is 0.230 e. The second-order valence-electron chi connectivity index (χ2n) is 8.70. The van der Waals surface area contributed by atoms with Crippen molar-refractivity contribution in [2.75, 3.05) is 0 Å². The lowest BCUT2D eigenvalue weighted by Gasteiger charge is -2.33. The van der Waals surface area contributed by atoms with Gasteiger partial charge < -0.3 is 5.32 Å². The summed E-state index contributed by atoms with van der Waals surface area (Å²) in [4.78, 5) is 17.5. The summed E-state index contributed by atoms with van der Waals surface area (Å²) in [6.07, 6.45) is 14.9. The van der Waals surface area contributed by atoms with E-state index < -0.39 is 5.41 Å². The lowest BCUT2D eigenvalue weighted by molar-refractivity contribution is -0.128. The first-order valence-corrected chi connectivity index (χ1v) is 10.6. The molecule has 1 amide bonds. The lowest BCUT2D eigenvalue weighted by Crippen LogP contribution is -2.45. The molecule has 0 atom stereocenters. The predicted octanol–water partition coefficient (Wildman–Crippen LogP) is 5.68. The lowest BCUT2D eigenvalue weighted by atomic mass is 9.78. The van der Waals surface area contributed by atoms with Crippen LogP contribution in [0.5, 0.6) is 0 Å². The highest BCUT2D eigenvalue weighted by Crippen LogP contribution is 2.37. The Hall–Kier alpha value is -2.42. The Kier molecular flexibility index (Phi) is 5.34. The Balaban J connectivity index is 1.40. The van der Waals surface area contributed by atoms with Gasteiger partial charge >= 0.3 is 0 Å². The number of nitrogens with zero attached hydrogens (tertiary/aromatic N) is 1. The van der Waals surface area contributed by atoms with Gasteiger partial charge in [0.25, 0.3) is 0 Å². The highest BCUT2D eigenvalue weighted by molar-refractivity contribution is 5.86. The number of allylic oxidation sites excluding steroid dienone is 3. The van der Waals surface area contributed by atoms with Gasteiger partial charge in [-0.1, -0.05) is 36.4 Å². The molecule has 3 nitrogen and oxygen atoms in total. The zero-order valence-electron chi connectivity index (χ0n) is 16.9. The average Bonchev–Trinajstić information content (AvgIpc) is 2.74. The number of aromatic nitrogens is 1. The molecule has 1 fully saturated rings. The van der Waals surface area contributed by atoms with Crippen molar-refractivity contribution in [2.45, 2.75) is 64.3 Å². The van der Waals surface area contributed by atoms with Gasteiger partial charge in [0.05, 0.1) is 10.9 Å². The van der Waals surface area contributed by atoms with E-state index in [0.717, 1.165) is 49.6 Å². The zero-order chi connectivity index (χ0) is 19.6. The van der Waals surface area contributed by atoms with Gasteiger partial charge in [-0.25, -0.2) is 0 Å². The van der Waals surface area contributed by atoms with Crippen molar-refractivity contribution >= 4 is 16.8 Å². The maximum atomic E-state index is 13.0. The number of hydrogen-bond acceptors (Lipinski definition) is 2. The van der Waals surface area contributed by atoms with Gasteiger partial charge in [0, 0.05) is 17.6 Å². The number of carbonyl (C=O) groups is 1. The minimum absolute atomic E-state index is 0.156. The molecule has 0 saturated heterocycles. The zero-order valence-corrected chi connectivity index (χ0v) is 16.9. The summed E-state index contributed by atoms with van der Waals surface area (Å²) < 4.78 is 0. The van der Waals surface area contributed by atoms with Crippen LogP contribution in [0.15, 0.2) is 60.3 Å². The SMILES string of the molecule is CC(C)(C(=O)NC1CCC(c2ccnc3ccccc23)CC1)C1=CCCC=C1. The summed E-state index contributed by atoms with van der Waals surface area (Å²) in [5.74, 6) is 0.709. The molecule has 1 aromatic carbocycles. The summed E-state index contributed by atoms with van der Waals surface area (Å²) in [6, 6.07) is 10.9. The molecule has 1 heterocycles. The summed E-state index contributed by atoms with van der Waals surface area (Å²) in [5, 5.41) is 4.61. The Labute approximate surface area is 167 Å². The molecule has 4 rings (SSSR count). The number of fused-ring (bicyclic) bond motifs is 1. The second kappa shape index (κ2) is 7.90. The van der Waals surface area contributed by atoms with E-state index >= 15 is 0 Å². The van der Waals surface area contributed by atoms with Gasteiger partial charge in [-0.05, 0) is 81.6 Å². The third-order valence-corrected chi connectivity index (χ3v) is 6.47. The van der Waals surface area contributed by atoms with E-state index in [1.807, 2.05) is 26.1 Å². The number of carbonyl (C=O) groups excluding carboxylic acids is 1. The highest BCUT2D eigenvalue weighted by Gasteiger charge is 2.33. The normalized spacial score (nSPS) is 22.7. The second-order valence-corrected chi connectivity index (χ2v) is 8.70.